The highest BCUT2D eigenvalue weighted by molar-refractivity contribution is 5.92. The average Bonchev–Trinajstić information content (AvgIpc) is 3.55. The summed E-state index contributed by atoms with van der Waals surface area (Å²) in [5.41, 5.74) is 2.21. The van der Waals surface area contributed by atoms with Crippen molar-refractivity contribution in [3.05, 3.63) is 36.7 Å². The Morgan fingerprint density at radius 2 is 2.18 bits per heavy atom. The molecule has 9 nitrogen and oxygen atoms in total. The third-order valence-electron chi connectivity index (χ3n) is 6.47. The van der Waals surface area contributed by atoms with Crippen LogP contribution >= 0.6 is 0 Å². The summed E-state index contributed by atoms with van der Waals surface area (Å²) in [6, 6.07) is 7.80. The van der Waals surface area contributed by atoms with Crippen LogP contribution in [0.5, 0.6) is 5.88 Å². The maximum atomic E-state index is 11.5. The van der Waals surface area contributed by atoms with E-state index in [0.717, 1.165) is 35.4 Å². The van der Waals surface area contributed by atoms with Crippen LogP contribution in [0.3, 0.4) is 0 Å². The van der Waals surface area contributed by atoms with Crippen LogP contribution in [0.1, 0.15) is 26.2 Å². The van der Waals surface area contributed by atoms with Gasteiger partial charge >= 0.3 is 0 Å². The molecule has 6 rings (SSSR count). The largest absolute Gasteiger partial charge is 0.476 e. The van der Waals surface area contributed by atoms with E-state index in [1.165, 1.54) is 0 Å². The van der Waals surface area contributed by atoms with E-state index in [0.29, 0.717) is 55.7 Å². The second kappa shape index (κ2) is 8.15. The molecular formula is C24H25N5O4. The van der Waals surface area contributed by atoms with Gasteiger partial charge in [-0.15, -0.1) is 5.10 Å². The standard InChI is InChI=1S/C24H25N5O4/c1-15-13-31-9-8-28(15)24-18-11-21(33-20(18)6-7-25-24)19-12-26-22-4-5-23(27-29(19)22)32-14-16-2-3-17(30)10-16/h4-7,11-12,15-16H,2-3,8-10,13-14H2,1H3/t15-,16-/m0/s1. The first kappa shape index (κ1) is 20.2. The van der Waals surface area contributed by atoms with E-state index in [9.17, 15) is 4.79 Å². The summed E-state index contributed by atoms with van der Waals surface area (Å²) in [7, 11) is 0. The van der Waals surface area contributed by atoms with E-state index in [1.807, 2.05) is 24.3 Å². The molecule has 33 heavy (non-hydrogen) atoms. The molecule has 9 heteroatoms. The Morgan fingerprint density at radius 1 is 1.24 bits per heavy atom. The molecule has 1 aliphatic carbocycles. The number of imidazole rings is 1. The lowest BCUT2D eigenvalue weighted by molar-refractivity contribution is -0.117. The van der Waals surface area contributed by atoms with E-state index < -0.39 is 0 Å². The SMILES string of the molecule is C[C@H]1COCCN1c1nccc2oc(-c3cnc4ccc(OC[C@H]5CCC(=O)C5)nn34)cc12. The molecule has 4 aromatic heterocycles. The van der Waals surface area contributed by atoms with Gasteiger partial charge in [0.2, 0.25) is 5.88 Å². The van der Waals surface area contributed by atoms with Gasteiger partial charge in [0.1, 0.15) is 22.9 Å². The Morgan fingerprint density at radius 3 is 3.03 bits per heavy atom. The van der Waals surface area contributed by atoms with Crippen LogP contribution in [-0.4, -0.2) is 57.8 Å². The quantitative estimate of drug-likeness (QED) is 0.459. The molecule has 5 heterocycles. The Kier molecular flexibility index (Phi) is 4.98. The molecule has 0 amide bonds. The molecule has 170 valence electrons. The third-order valence-corrected chi connectivity index (χ3v) is 6.47. The van der Waals surface area contributed by atoms with Gasteiger partial charge in [0.05, 0.1) is 37.4 Å². The van der Waals surface area contributed by atoms with Crippen molar-refractivity contribution in [1.29, 1.82) is 0 Å². The van der Waals surface area contributed by atoms with Crippen molar-refractivity contribution in [2.24, 2.45) is 5.92 Å². The molecular weight excluding hydrogens is 422 g/mol. The fourth-order valence-electron chi connectivity index (χ4n) is 4.68. The van der Waals surface area contributed by atoms with Crippen molar-refractivity contribution in [2.45, 2.75) is 32.2 Å². The zero-order chi connectivity index (χ0) is 22.4. The zero-order valence-electron chi connectivity index (χ0n) is 18.4. The number of Topliss-reactive ketones (excluding diaryl/α,β-unsaturated/α-hetero) is 1. The number of anilines is 1. The number of carbonyl (C=O) groups is 1. The zero-order valence-corrected chi connectivity index (χ0v) is 18.4. The summed E-state index contributed by atoms with van der Waals surface area (Å²) in [5.74, 6) is 2.64. The van der Waals surface area contributed by atoms with Gasteiger partial charge in [-0.1, -0.05) is 0 Å². The smallest absolute Gasteiger partial charge is 0.231 e. The number of hydrogen-bond donors (Lipinski definition) is 0. The van der Waals surface area contributed by atoms with Gasteiger partial charge in [-0.3, -0.25) is 4.79 Å². The minimum absolute atomic E-state index is 0.238. The summed E-state index contributed by atoms with van der Waals surface area (Å²) >= 11 is 0. The molecule has 4 aromatic rings. The number of nitrogens with zero attached hydrogens (tertiary/aromatic N) is 5. The van der Waals surface area contributed by atoms with E-state index in [2.05, 4.69) is 26.9 Å². The second-order valence-corrected chi connectivity index (χ2v) is 8.82. The highest BCUT2D eigenvalue weighted by Gasteiger charge is 2.25. The van der Waals surface area contributed by atoms with Crippen molar-refractivity contribution in [3.63, 3.8) is 0 Å². The Bertz CT molecular complexity index is 1330. The maximum absolute atomic E-state index is 11.5. The predicted octanol–water partition coefficient (Wildman–Crippen LogP) is 3.51. The number of hydrogen-bond acceptors (Lipinski definition) is 8. The molecule has 1 aliphatic heterocycles. The number of carbonyl (C=O) groups excluding carboxylic acids is 1. The average molecular weight is 447 g/mol. The second-order valence-electron chi connectivity index (χ2n) is 8.82. The summed E-state index contributed by atoms with van der Waals surface area (Å²) in [6.45, 7) is 4.78. The molecule has 2 atom stereocenters. The van der Waals surface area contributed by atoms with Crippen LogP contribution in [0.2, 0.25) is 0 Å². The molecule has 0 aromatic carbocycles. The lowest BCUT2D eigenvalue weighted by Gasteiger charge is -2.34. The Hall–Kier alpha value is -3.46. The molecule has 2 aliphatic rings. The van der Waals surface area contributed by atoms with Crippen LogP contribution in [0.4, 0.5) is 5.82 Å². The van der Waals surface area contributed by atoms with Crippen molar-refractivity contribution in [1.82, 2.24) is 19.6 Å². The first-order valence-electron chi connectivity index (χ1n) is 11.4. The molecule has 0 N–H and O–H groups in total. The van der Waals surface area contributed by atoms with Gasteiger partial charge in [-0.2, -0.15) is 0 Å². The number of fused-ring (bicyclic) bond motifs is 2. The Labute approximate surface area is 190 Å². The molecule has 0 spiro atoms. The lowest BCUT2D eigenvalue weighted by atomic mass is 10.1. The molecule has 2 fully saturated rings. The molecule has 1 saturated heterocycles. The van der Waals surface area contributed by atoms with Gasteiger partial charge in [0, 0.05) is 37.6 Å². The number of ether oxygens (including phenoxy) is 2. The minimum atomic E-state index is 0.238. The minimum Gasteiger partial charge on any atom is -0.476 e. The van der Waals surface area contributed by atoms with Gasteiger partial charge < -0.3 is 18.8 Å². The number of morpholine rings is 1. The van der Waals surface area contributed by atoms with Crippen molar-refractivity contribution in [3.8, 4) is 17.3 Å². The predicted molar refractivity (Wildman–Crippen MR) is 121 cm³/mol. The van der Waals surface area contributed by atoms with E-state index in [1.54, 1.807) is 16.9 Å². The summed E-state index contributed by atoms with van der Waals surface area (Å²) in [4.78, 5) is 22.9. The molecule has 0 unspecified atom stereocenters. The van der Waals surface area contributed by atoms with Crippen molar-refractivity contribution < 1.29 is 18.7 Å². The van der Waals surface area contributed by atoms with Gasteiger partial charge in [0.25, 0.3) is 0 Å². The topological polar surface area (TPSA) is 95.0 Å². The number of pyridine rings is 1. The van der Waals surface area contributed by atoms with Crippen LogP contribution < -0.4 is 9.64 Å². The molecule has 0 radical (unpaired) electrons. The van der Waals surface area contributed by atoms with Crippen LogP contribution in [-0.2, 0) is 9.53 Å². The fourth-order valence-corrected chi connectivity index (χ4v) is 4.68. The van der Waals surface area contributed by atoms with Crippen molar-refractivity contribution in [2.75, 3.05) is 31.3 Å². The Balaban J connectivity index is 1.32. The van der Waals surface area contributed by atoms with Gasteiger partial charge in [0.15, 0.2) is 11.4 Å². The van der Waals surface area contributed by atoms with Crippen LogP contribution in [0.15, 0.2) is 41.1 Å². The molecule has 1 saturated carbocycles. The van der Waals surface area contributed by atoms with Gasteiger partial charge in [-0.25, -0.2) is 14.5 Å². The van der Waals surface area contributed by atoms with E-state index in [4.69, 9.17) is 13.9 Å². The number of rotatable bonds is 5. The van der Waals surface area contributed by atoms with Crippen molar-refractivity contribution >= 4 is 28.2 Å². The summed E-state index contributed by atoms with van der Waals surface area (Å²) < 4.78 is 19.4. The third kappa shape index (κ3) is 3.72. The van der Waals surface area contributed by atoms with E-state index in [-0.39, 0.29) is 12.0 Å². The van der Waals surface area contributed by atoms with Gasteiger partial charge in [-0.05, 0) is 31.5 Å². The number of ketones is 1. The van der Waals surface area contributed by atoms with Crippen LogP contribution in [0.25, 0.3) is 28.1 Å². The first-order chi connectivity index (χ1) is 16.2. The normalized spacial score (nSPS) is 21.4. The highest BCUT2D eigenvalue weighted by Crippen LogP contribution is 2.34. The number of aromatic nitrogens is 4. The summed E-state index contributed by atoms with van der Waals surface area (Å²) in [5, 5.41) is 5.58. The van der Waals surface area contributed by atoms with E-state index >= 15 is 0 Å². The monoisotopic (exact) mass is 447 g/mol. The fraction of sp³-hybridized carbons (Fsp3) is 0.417. The highest BCUT2D eigenvalue weighted by atomic mass is 16.5. The molecule has 0 bridgehead atoms. The maximum Gasteiger partial charge on any atom is 0.231 e. The number of furan rings is 1. The first-order valence-corrected chi connectivity index (χ1v) is 11.4. The summed E-state index contributed by atoms with van der Waals surface area (Å²) in [6.07, 6.45) is 5.66. The lowest BCUT2D eigenvalue weighted by Crippen LogP contribution is -2.44. The van der Waals surface area contributed by atoms with Crippen LogP contribution in [0, 0.1) is 5.92 Å².